The molecular formula is C10H19N. The van der Waals surface area contributed by atoms with Gasteiger partial charge in [-0.15, -0.1) is 5.92 Å². The lowest BCUT2D eigenvalue weighted by molar-refractivity contribution is 0.580. The van der Waals surface area contributed by atoms with Crippen LogP contribution in [0.1, 0.15) is 33.6 Å². The Balaban J connectivity index is 3.54. The van der Waals surface area contributed by atoms with Gasteiger partial charge in [0.25, 0.3) is 0 Å². The van der Waals surface area contributed by atoms with E-state index in [-0.39, 0.29) is 0 Å². The van der Waals surface area contributed by atoms with Gasteiger partial charge in [-0.3, -0.25) is 0 Å². The average Bonchev–Trinajstić information content (AvgIpc) is 2.04. The summed E-state index contributed by atoms with van der Waals surface area (Å²) in [7, 11) is 1.93. The lowest BCUT2D eigenvalue weighted by Gasteiger charge is -2.01. The van der Waals surface area contributed by atoms with Crippen LogP contribution in [0, 0.1) is 17.8 Å². The van der Waals surface area contributed by atoms with E-state index in [2.05, 4.69) is 37.9 Å². The summed E-state index contributed by atoms with van der Waals surface area (Å²) in [5, 5.41) is 3.08. The van der Waals surface area contributed by atoms with E-state index in [0.29, 0.717) is 6.04 Å². The zero-order valence-electron chi connectivity index (χ0n) is 8.07. The molecule has 0 aliphatic heterocycles. The Labute approximate surface area is 70.6 Å². The molecule has 0 saturated carbocycles. The fraction of sp³-hybridized carbons (Fsp3) is 0.800. The minimum Gasteiger partial charge on any atom is -0.307 e. The fourth-order valence-corrected chi connectivity index (χ4v) is 0.603. The summed E-state index contributed by atoms with van der Waals surface area (Å²) < 4.78 is 0. The molecular weight excluding hydrogens is 134 g/mol. The maximum absolute atomic E-state index is 3.17. The molecule has 1 N–H and O–H groups in total. The zero-order chi connectivity index (χ0) is 8.69. The highest BCUT2D eigenvalue weighted by atomic mass is 14.8. The van der Waals surface area contributed by atoms with Crippen LogP contribution >= 0.6 is 0 Å². The van der Waals surface area contributed by atoms with E-state index in [1.54, 1.807) is 0 Å². The Morgan fingerprint density at radius 3 is 2.45 bits per heavy atom. The largest absolute Gasteiger partial charge is 0.307 e. The van der Waals surface area contributed by atoms with Gasteiger partial charge in [0, 0.05) is 6.42 Å². The van der Waals surface area contributed by atoms with Crippen LogP contribution in [0.3, 0.4) is 0 Å². The molecule has 1 nitrogen and oxygen atoms in total. The number of hydrogen-bond donors (Lipinski definition) is 1. The second-order valence-electron chi connectivity index (χ2n) is 3.05. The molecule has 0 rings (SSSR count). The van der Waals surface area contributed by atoms with Gasteiger partial charge < -0.3 is 5.32 Å². The Morgan fingerprint density at radius 2 is 2.00 bits per heavy atom. The lowest BCUT2D eigenvalue weighted by Crippen LogP contribution is -2.18. The number of rotatable bonds is 3. The first-order valence-electron chi connectivity index (χ1n) is 4.36. The molecule has 1 heteroatoms. The van der Waals surface area contributed by atoms with Crippen molar-refractivity contribution in [3.05, 3.63) is 0 Å². The summed E-state index contributed by atoms with van der Waals surface area (Å²) in [5.74, 6) is 7.05. The molecule has 2 atom stereocenters. The first-order valence-corrected chi connectivity index (χ1v) is 4.36. The molecule has 0 aliphatic rings. The van der Waals surface area contributed by atoms with E-state index in [9.17, 15) is 0 Å². The molecule has 0 aromatic rings. The monoisotopic (exact) mass is 153 g/mol. The zero-order valence-corrected chi connectivity index (χ0v) is 8.07. The van der Waals surface area contributed by atoms with Crippen LogP contribution in [-0.2, 0) is 0 Å². The molecule has 0 heterocycles. The molecule has 0 radical (unpaired) electrons. The maximum atomic E-state index is 3.17. The predicted octanol–water partition coefficient (Wildman–Crippen LogP) is 2.03. The molecule has 0 aromatic carbocycles. The van der Waals surface area contributed by atoms with Gasteiger partial charge in [0.2, 0.25) is 0 Å². The van der Waals surface area contributed by atoms with Crippen LogP contribution in [0.5, 0.6) is 0 Å². The van der Waals surface area contributed by atoms with Gasteiger partial charge in [-0.2, -0.15) is 0 Å². The third-order valence-electron chi connectivity index (χ3n) is 1.90. The van der Waals surface area contributed by atoms with Gasteiger partial charge in [0.1, 0.15) is 0 Å². The molecule has 0 aliphatic carbocycles. The van der Waals surface area contributed by atoms with Crippen molar-refractivity contribution in [2.75, 3.05) is 7.05 Å². The lowest BCUT2D eigenvalue weighted by atomic mass is 10.1. The van der Waals surface area contributed by atoms with Crippen molar-refractivity contribution >= 4 is 0 Å². The minimum absolute atomic E-state index is 0.332. The summed E-state index contributed by atoms with van der Waals surface area (Å²) in [4.78, 5) is 0. The SMILES string of the molecule is CCC(C)CC#CC(C)NC. The molecule has 11 heavy (non-hydrogen) atoms. The van der Waals surface area contributed by atoms with E-state index in [1.807, 2.05) is 7.05 Å². The molecule has 0 amide bonds. The fourth-order valence-electron chi connectivity index (χ4n) is 0.603. The quantitative estimate of drug-likeness (QED) is 0.612. The van der Waals surface area contributed by atoms with Crippen molar-refractivity contribution in [2.45, 2.75) is 39.7 Å². The summed E-state index contributed by atoms with van der Waals surface area (Å²) >= 11 is 0. The first kappa shape index (κ1) is 10.5. The van der Waals surface area contributed by atoms with Gasteiger partial charge in [-0.1, -0.05) is 26.2 Å². The van der Waals surface area contributed by atoms with Crippen LogP contribution in [0.2, 0.25) is 0 Å². The molecule has 0 aromatic heterocycles. The Hall–Kier alpha value is -0.480. The first-order chi connectivity index (χ1) is 5.20. The Morgan fingerprint density at radius 1 is 1.36 bits per heavy atom. The molecule has 64 valence electrons. The molecule has 2 unspecified atom stereocenters. The van der Waals surface area contributed by atoms with Gasteiger partial charge in [0.15, 0.2) is 0 Å². The third-order valence-corrected chi connectivity index (χ3v) is 1.90. The van der Waals surface area contributed by atoms with Crippen LogP contribution in [0.4, 0.5) is 0 Å². The number of hydrogen-bond acceptors (Lipinski definition) is 1. The standard InChI is InChI=1S/C10H19N/c1-5-9(2)7-6-8-10(3)11-4/h9-11H,5,7H2,1-4H3. The second-order valence-corrected chi connectivity index (χ2v) is 3.05. The van der Waals surface area contributed by atoms with Crippen molar-refractivity contribution in [1.29, 1.82) is 0 Å². The van der Waals surface area contributed by atoms with E-state index >= 15 is 0 Å². The van der Waals surface area contributed by atoms with Gasteiger partial charge in [-0.25, -0.2) is 0 Å². The van der Waals surface area contributed by atoms with Crippen LogP contribution < -0.4 is 5.32 Å². The van der Waals surface area contributed by atoms with E-state index < -0.39 is 0 Å². The van der Waals surface area contributed by atoms with Crippen molar-refractivity contribution in [1.82, 2.24) is 5.32 Å². The van der Waals surface area contributed by atoms with E-state index in [4.69, 9.17) is 0 Å². The normalized spacial score (nSPS) is 14.9. The summed E-state index contributed by atoms with van der Waals surface area (Å²) in [6.45, 7) is 6.51. The predicted molar refractivity (Wildman–Crippen MR) is 50.4 cm³/mol. The van der Waals surface area contributed by atoms with E-state index in [1.165, 1.54) is 6.42 Å². The second kappa shape index (κ2) is 6.24. The van der Waals surface area contributed by atoms with Crippen LogP contribution in [-0.4, -0.2) is 13.1 Å². The molecule has 0 bridgehead atoms. The summed E-state index contributed by atoms with van der Waals surface area (Å²) in [5.41, 5.74) is 0. The summed E-state index contributed by atoms with van der Waals surface area (Å²) in [6, 6.07) is 0.332. The van der Waals surface area contributed by atoms with Crippen LogP contribution in [0.25, 0.3) is 0 Å². The van der Waals surface area contributed by atoms with Gasteiger partial charge >= 0.3 is 0 Å². The van der Waals surface area contributed by atoms with Crippen molar-refractivity contribution < 1.29 is 0 Å². The van der Waals surface area contributed by atoms with Gasteiger partial charge in [-0.05, 0) is 19.9 Å². The molecule has 0 saturated heterocycles. The Kier molecular flexibility index (Phi) is 5.97. The van der Waals surface area contributed by atoms with Crippen LogP contribution in [0.15, 0.2) is 0 Å². The highest BCUT2D eigenvalue weighted by Gasteiger charge is 1.93. The minimum atomic E-state index is 0.332. The highest BCUT2D eigenvalue weighted by molar-refractivity contribution is 5.06. The maximum Gasteiger partial charge on any atom is 0.0658 e. The van der Waals surface area contributed by atoms with Crippen molar-refractivity contribution in [2.24, 2.45) is 5.92 Å². The van der Waals surface area contributed by atoms with Crippen molar-refractivity contribution in [3.63, 3.8) is 0 Å². The highest BCUT2D eigenvalue weighted by Crippen LogP contribution is 2.03. The van der Waals surface area contributed by atoms with Crippen molar-refractivity contribution in [3.8, 4) is 11.8 Å². The average molecular weight is 153 g/mol. The smallest absolute Gasteiger partial charge is 0.0658 e. The van der Waals surface area contributed by atoms with E-state index in [0.717, 1.165) is 12.3 Å². The Bertz CT molecular complexity index is 141. The molecule has 0 fully saturated rings. The van der Waals surface area contributed by atoms with Gasteiger partial charge in [0.05, 0.1) is 6.04 Å². The number of nitrogens with one attached hydrogen (secondary N) is 1. The summed E-state index contributed by atoms with van der Waals surface area (Å²) in [6.07, 6.45) is 2.26. The topological polar surface area (TPSA) is 12.0 Å². The molecule has 0 spiro atoms. The third kappa shape index (κ3) is 5.94.